The van der Waals surface area contributed by atoms with Crippen molar-refractivity contribution in [1.82, 2.24) is 14.4 Å². The molecule has 0 spiro atoms. The standard InChI is InChI=1S/C19H14N4O/c20-18(24)14-6-8-15(9-7-14)19-22-11-16-10-21-17(12-23(16)19)13-4-2-1-3-5-13/h1-12H,(H2,20,24). The molecule has 24 heavy (non-hydrogen) atoms. The van der Waals surface area contributed by atoms with Gasteiger partial charge in [0, 0.05) is 22.9 Å². The van der Waals surface area contributed by atoms with Gasteiger partial charge in [-0.3, -0.25) is 14.2 Å². The van der Waals surface area contributed by atoms with Gasteiger partial charge in [0.15, 0.2) is 0 Å². The topological polar surface area (TPSA) is 73.3 Å². The summed E-state index contributed by atoms with van der Waals surface area (Å²) in [5, 5.41) is 0. The minimum Gasteiger partial charge on any atom is -0.366 e. The maximum Gasteiger partial charge on any atom is 0.248 e. The van der Waals surface area contributed by atoms with Crippen molar-refractivity contribution in [2.45, 2.75) is 0 Å². The number of carbonyl (C=O) groups is 1. The summed E-state index contributed by atoms with van der Waals surface area (Å²) < 4.78 is 1.99. The summed E-state index contributed by atoms with van der Waals surface area (Å²) in [4.78, 5) is 20.2. The first kappa shape index (κ1) is 14.1. The van der Waals surface area contributed by atoms with Crippen molar-refractivity contribution in [3.63, 3.8) is 0 Å². The molecule has 0 radical (unpaired) electrons. The van der Waals surface area contributed by atoms with Crippen LogP contribution in [0, 0.1) is 0 Å². The smallest absolute Gasteiger partial charge is 0.248 e. The molecule has 0 unspecified atom stereocenters. The zero-order chi connectivity index (χ0) is 16.5. The molecule has 5 heteroatoms. The number of nitrogens with two attached hydrogens (primary N) is 1. The fraction of sp³-hybridized carbons (Fsp3) is 0. The highest BCUT2D eigenvalue weighted by molar-refractivity contribution is 5.93. The fourth-order valence-electron chi connectivity index (χ4n) is 2.65. The van der Waals surface area contributed by atoms with Crippen LogP contribution in [0.25, 0.3) is 28.2 Å². The Morgan fingerprint density at radius 2 is 1.58 bits per heavy atom. The Morgan fingerprint density at radius 3 is 2.29 bits per heavy atom. The van der Waals surface area contributed by atoms with Crippen LogP contribution in [-0.2, 0) is 0 Å². The van der Waals surface area contributed by atoms with E-state index in [0.717, 1.165) is 28.2 Å². The molecule has 0 aliphatic carbocycles. The Labute approximate surface area is 138 Å². The lowest BCUT2D eigenvalue weighted by molar-refractivity contribution is 0.100. The predicted octanol–water partition coefficient (Wildman–Crippen LogP) is 3.16. The molecular formula is C19H14N4O. The molecule has 2 aromatic heterocycles. The maximum absolute atomic E-state index is 11.2. The van der Waals surface area contributed by atoms with E-state index in [1.165, 1.54) is 0 Å². The fourth-order valence-corrected chi connectivity index (χ4v) is 2.65. The molecule has 4 rings (SSSR count). The van der Waals surface area contributed by atoms with Gasteiger partial charge in [0.2, 0.25) is 5.91 Å². The van der Waals surface area contributed by atoms with Crippen LogP contribution in [0.3, 0.4) is 0 Å². The molecule has 0 aliphatic heterocycles. The first-order valence-electron chi connectivity index (χ1n) is 7.51. The van der Waals surface area contributed by atoms with Crippen molar-refractivity contribution in [2.75, 3.05) is 0 Å². The second-order valence-corrected chi connectivity index (χ2v) is 5.46. The van der Waals surface area contributed by atoms with Crippen LogP contribution in [0.1, 0.15) is 10.4 Å². The monoisotopic (exact) mass is 314 g/mol. The van der Waals surface area contributed by atoms with E-state index in [-0.39, 0.29) is 0 Å². The van der Waals surface area contributed by atoms with E-state index in [1.54, 1.807) is 24.5 Å². The maximum atomic E-state index is 11.2. The summed E-state index contributed by atoms with van der Waals surface area (Å²) in [6, 6.07) is 17.1. The van der Waals surface area contributed by atoms with E-state index in [4.69, 9.17) is 5.73 Å². The lowest BCUT2D eigenvalue weighted by atomic mass is 10.1. The van der Waals surface area contributed by atoms with Crippen LogP contribution in [0.2, 0.25) is 0 Å². The first-order chi connectivity index (χ1) is 11.7. The van der Waals surface area contributed by atoms with Gasteiger partial charge < -0.3 is 5.73 Å². The highest BCUT2D eigenvalue weighted by Gasteiger charge is 2.09. The number of hydrogen-bond acceptors (Lipinski definition) is 3. The molecule has 0 bridgehead atoms. The number of imidazole rings is 1. The summed E-state index contributed by atoms with van der Waals surface area (Å²) in [7, 11) is 0. The van der Waals surface area contributed by atoms with Crippen LogP contribution in [-0.4, -0.2) is 20.3 Å². The molecular weight excluding hydrogens is 300 g/mol. The second-order valence-electron chi connectivity index (χ2n) is 5.46. The third-order valence-corrected chi connectivity index (χ3v) is 3.91. The molecule has 0 saturated heterocycles. The molecule has 0 aliphatic rings. The Bertz CT molecular complexity index is 1020. The zero-order valence-electron chi connectivity index (χ0n) is 12.8. The molecule has 0 saturated carbocycles. The normalized spacial score (nSPS) is 10.8. The van der Waals surface area contributed by atoms with Crippen LogP contribution in [0.5, 0.6) is 0 Å². The SMILES string of the molecule is NC(=O)c1ccc(-c2ncc3cnc(-c4ccccc4)cn23)cc1. The Morgan fingerprint density at radius 1 is 0.875 bits per heavy atom. The van der Waals surface area contributed by atoms with Crippen molar-refractivity contribution in [3.8, 4) is 22.6 Å². The van der Waals surface area contributed by atoms with Crippen molar-refractivity contribution < 1.29 is 4.79 Å². The largest absolute Gasteiger partial charge is 0.366 e. The first-order valence-corrected chi connectivity index (χ1v) is 7.51. The highest BCUT2D eigenvalue weighted by Crippen LogP contribution is 2.23. The van der Waals surface area contributed by atoms with Crippen molar-refractivity contribution >= 4 is 11.4 Å². The molecule has 4 aromatic rings. The molecule has 1 amide bonds. The van der Waals surface area contributed by atoms with Crippen molar-refractivity contribution in [1.29, 1.82) is 0 Å². The van der Waals surface area contributed by atoms with E-state index in [1.807, 2.05) is 53.1 Å². The number of aromatic nitrogens is 3. The molecule has 0 fully saturated rings. The number of benzene rings is 2. The number of primary amides is 1. The third-order valence-electron chi connectivity index (χ3n) is 3.91. The summed E-state index contributed by atoms with van der Waals surface area (Å²) in [6.45, 7) is 0. The highest BCUT2D eigenvalue weighted by atomic mass is 16.1. The Balaban J connectivity index is 1.83. The van der Waals surface area contributed by atoms with Gasteiger partial charge >= 0.3 is 0 Å². The lowest BCUT2D eigenvalue weighted by Gasteiger charge is -2.05. The van der Waals surface area contributed by atoms with E-state index < -0.39 is 5.91 Å². The summed E-state index contributed by atoms with van der Waals surface area (Å²) in [5.74, 6) is 0.352. The van der Waals surface area contributed by atoms with E-state index in [0.29, 0.717) is 5.56 Å². The van der Waals surface area contributed by atoms with Gasteiger partial charge in [0.05, 0.1) is 23.6 Å². The van der Waals surface area contributed by atoms with Crippen LogP contribution >= 0.6 is 0 Å². The van der Waals surface area contributed by atoms with Gasteiger partial charge in [0.1, 0.15) is 5.82 Å². The zero-order valence-corrected chi connectivity index (χ0v) is 12.8. The van der Waals surface area contributed by atoms with Gasteiger partial charge in [-0.25, -0.2) is 4.98 Å². The van der Waals surface area contributed by atoms with Gasteiger partial charge in [0.25, 0.3) is 0 Å². The number of fused-ring (bicyclic) bond motifs is 1. The quantitative estimate of drug-likeness (QED) is 0.631. The molecule has 2 N–H and O–H groups in total. The van der Waals surface area contributed by atoms with E-state index in [9.17, 15) is 4.79 Å². The van der Waals surface area contributed by atoms with Gasteiger partial charge in [-0.2, -0.15) is 0 Å². The summed E-state index contributed by atoms with van der Waals surface area (Å²) in [6.07, 6.45) is 5.55. The van der Waals surface area contributed by atoms with Gasteiger partial charge in [-0.05, 0) is 12.1 Å². The Kier molecular flexibility index (Phi) is 3.31. The average molecular weight is 314 g/mol. The van der Waals surface area contributed by atoms with Gasteiger partial charge in [-0.1, -0.05) is 42.5 Å². The molecule has 2 heterocycles. The molecule has 116 valence electrons. The van der Waals surface area contributed by atoms with Crippen molar-refractivity contribution in [3.05, 3.63) is 78.8 Å². The number of carbonyl (C=O) groups excluding carboxylic acids is 1. The minimum atomic E-state index is -0.440. The average Bonchev–Trinajstić information content (AvgIpc) is 3.05. The van der Waals surface area contributed by atoms with E-state index >= 15 is 0 Å². The predicted molar refractivity (Wildman–Crippen MR) is 92.4 cm³/mol. The second kappa shape index (κ2) is 5.62. The third kappa shape index (κ3) is 2.42. The Hall–Kier alpha value is -3.47. The number of amides is 1. The summed E-state index contributed by atoms with van der Waals surface area (Å²) in [5.41, 5.74) is 9.50. The van der Waals surface area contributed by atoms with E-state index in [2.05, 4.69) is 9.97 Å². The number of rotatable bonds is 3. The minimum absolute atomic E-state index is 0.440. The number of hydrogen-bond donors (Lipinski definition) is 1. The molecule has 0 atom stereocenters. The van der Waals surface area contributed by atoms with Gasteiger partial charge in [-0.15, -0.1) is 0 Å². The van der Waals surface area contributed by atoms with Crippen molar-refractivity contribution in [2.24, 2.45) is 5.73 Å². The van der Waals surface area contributed by atoms with Crippen LogP contribution < -0.4 is 5.73 Å². The molecule has 2 aromatic carbocycles. The van der Waals surface area contributed by atoms with Crippen LogP contribution in [0.4, 0.5) is 0 Å². The van der Waals surface area contributed by atoms with Crippen LogP contribution in [0.15, 0.2) is 73.2 Å². The summed E-state index contributed by atoms with van der Waals surface area (Å²) >= 11 is 0. The molecule has 5 nitrogen and oxygen atoms in total. The lowest BCUT2D eigenvalue weighted by Crippen LogP contribution is -2.10. The number of nitrogens with zero attached hydrogens (tertiary/aromatic N) is 3.